The fourth-order valence-electron chi connectivity index (χ4n) is 2.91. The summed E-state index contributed by atoms with van der Waals surface area (Å²) in [7, 11) is 0. The lowest BCUT2D eigenvalue weighted by Gasteiger charge is -2.13. The second-order valence-corrected chi connectivity index (χ2v) is 7.17. The summed E-state index contributed by atoms with van der Waals surface area (Å²) < 4.78 is 13.7. The van der Waals surface area contributed by atoms with Gasteiger partial charge in [-0.3, -0.25) is 19.3 Å². The predicted molar refractivity (Wildman–Crippen MR) is 98.6 cm³/mol. The van der Waals surface area contributed by atoms with E-state index in [9.17, 15) is 18.8 Å². The lowest BCUT2D eigenvalue weighted by atomic mass is 10.1. The highest BCUT2D eigenvalue weighted by molar-refractivity contribution is 8.18. The number of imide groups is 1. The van der Waals surface area contributed by atoms with Gasteiger partial charge in [-0.15, -0.1) is 0 Å². The van der Waals surface area contributed by atoms with Gasteiger partial charge in [0, 0.05) is 25.1 Å². The molecule has 0 saturated carbocycles. The number of hydrogen-bond acceptors (Lipinski definition) is 4. The molecule has 1 aromatic rings. The van der Waals surface area contributed by atoms with Gasteiger partial charge in [-0.25, -0.2) is 4.39 Å². The molecule has 0 aromatic heterocycles. The first kappa shape index (κ1) is 18.4. The van der Waals surface area contributed by atoms with Crippen molar-refractivity contribution in [3.8, 4) is 0 Å². The van der Waals surface area contributed by atoms with Crippen LogP contribution in [0.2, 0.25) is 0 Å². The van der Waals surface area contributed by atoms with Gasteiger partial charge in [-0.05, 0) is 42.7 Å². The van der Waals surface area contributed by atoms with Gasteiger partial charge in [0.15, 0.2) is 0 Å². The van der Waals surface area contributed by atoms with Gasteiger partial charge < -0.3 is 5.32 Å². The number of benzene rings is 1. The number of carbonyl (C=O) groups is 3. The van der Waals surface area contributed by atoms with Crippen molar-refractivity contribution in [2.24, 2.45) is 5.92 Å². The fraction of sp³-hybridized carbons (Fsp3) is 0.316. The summed E-state index contributed by atoms with van der Waals surface area (Å²) in [4.78, 5) is 37.5. The summed E-state index contributed by atoms with van der Waals surface area (Å²) in [6, 6.07) is 6.06. The molecular weight excluding hydrogens is 355 g/mol. The van der Waals surface area contributed by atoms with Crippen molar-refractivity contribution in [3.63, 3.8) is 0 Å². The van der Waals surface area contributed by atoms with Gasteiger partial charge >= 0.3 is 0 Å². The van der Waals surface area contributed by atoms with E-state index in [4.69, 9.17) is 0 Å². The minimum absolute atomic E-state index is 0.0876. The molecule has 136 valence electrons. The number of carbonyl (C=O) groups excluding carboxylic acids is 3. The molecule has 1 fully saturated rings. The van der Waals surface area contributed by atoms with Crippen LogP contribution >= 0.6 is 11.8 Å². The van der Waals surface area contributed by atoms with Crippen molar-refractivity contribution in [2.75, 3.05) is 13.1 Å². The van der Waals surface area contributed by atoms with Crippen molar-refractivity contribution in [1.82, 2.24) is 10.2 Å². The first-order valence-electron chi connectivity index (χ1n) is 8.48. The normalized spacial score (nSPS) is 21.0. The molecule has 3 amide bonds. The van der Waals surface area contributed by atoms with Crippen molar-refractivity contribution in [3.05, 3.63) is 52.7 Å². The minimum atomic E-state index is -0.462. The zero-order valence-electron chi connectivity index (χ0n) is 14.1. The Labute approximate surface area is 155 Å². The van der Waals surface area contributed by atoms with Crippen LogP contribution in [0.3, 0.4) is 0 Å². The topological polar surface area (TPSA) is 66.5 Å². The van der Waals surface area contributed by atoms with Crippen LogP contribution in [0.15, 0.2) is 41.3 Å². The van der Waals surface area contributed by atoms with Crippen molar-refractivity contribution in [1.29, 1.82) is 0 Å². The third-order valence-corrected chi connectivity index (χ3v) is 5.19. The van der Waals surface area contributed by atoms with Crippen LogP contribution in [0.5, 0.6) is 0 Å². The molecule has 0 unspecified atom stereocenters. The van der Waals surface area contributed by atoms with Crippen molar-refractivity contribution in [2.45, 2.75) is 19.3 Å². The fourth-order valence-corrected chi connectivity index (χ4v) is 3.76. The summed E-state index contributed by atoms with van der Waals surface area (Å²) >= 11 is 0.780. The number of nitrogens with one attached hydrogen (secondary N) is 1. The smallest absolute Gasteiger partial charge is 0.293 e. The third-order valence-electron chi connectivity index (χ3n) is 4.28. The molecule has 1 heterocycles. The Morgan fingerprint density at radius 3 is 2.88 bits per heavy atom. The van der Waals surface area contributed by atoms with E-state index < -0.39 is 17.0 Å². The van der Waals surface area contributed by atoms with Crippen LogP contribution in [-0.4, -0.2) is 35.0 Å². The van der Waals surface area contributed by atoms with E-state index in [1.54, 1.807) is 18.2 Å². The maximum atomic E-state index is 13.7. The quantitative estimate of drug-likeness (QED) is 0.613. The van der Waals surface area contributed by atoms with Gasteiger partial charge in [0.05, 0.1) is 4.91 Å². The van der Waals surface area contributed by atoms with E-state index in [2.05, 4.69) is 11.4 Å². The molecule has 0 spiro atoms. The highest BCUT2D eigenvalue weighted by Gasteiger charge is 2.34. The van der Waals surface area contributed by atoms with Crippen LogP contribution in [0.4, 0.5) is 9.18 Å². The number of thioether (sulfide) groups is 1. The number of amides is 3. The first-order chi connectivity index (χ1) is 12.5. The molecule has 0 bridgehead atoms. The van der Waals surface area contributed by atoms with Gasteiger partial charge in [-0.1, -0.05) is 30.4 Å². The highest BCUT2D eigenvalue weighted by Crippen LogP contribution is 2.32. The molecule has 7 heteroatoms. The number of nitrogens with zero attached hydrogens (tertiary/aromatic N) is 1. The average Bonchev–Trinajstić information content (AvgIpc) is 3.20. The number of allylic oxidation sites excluding steroid dienone is 2. The molecule has 5 nitrogen and oxygen atoms in total. The summed E-state index contributed by atoms with van der Waals surface area (Å²) in [5.74, 6) is -0.727. The largest absolute Gasteiger partial charge is 0.354 e. The molecule has 0 radical (unpaired) electrons. The van der Waals surface area contributed by atoms with Gasteiger partial charge in [0.1, 0.15) is 5.82 Å². The predicted octanol–water partition coefficient (Wildman–Crippen LogP) is 3.33. The molecule has 1 aliphatic carbocycles. The van der Waals surface area contributed by atoms with Crippen molar-refractivity contribution < 1.29 is 18.8 Å². The van der Waals surface area contributed by atoms with E-state index in [1.165, 1.54) is 12.1 Å². The SMILES string of the molecule is O=C(C[C@H]1C=CCC1)NCCN1C(=O)S/C(=C\c2ccccc2F)C1=O. The summed E-state index contributed by atoms with van der Waals surface area (Å²) in [5, 5.41) is 2.33. The molecule has 1 aliphatic heterocycles. The van der Waals surface area contributed by atoms with E-state index in [-0.39, 0.29) is 35.4 Å². The molecule has 1 atom stereocenters. The van der Waals surface area contributed by atoms with E-state index >= 15 is 0 Å². The first-order valence-corrected chi connectivity index (χ1v) is 9.29. The molecule has 1 saturated heterocycles. The summed E-state index contributed by atoms with van der Waals surface area (Å²) in [6.07, 6.45) is 7.90. The second kappa shape index (κ2) is 8.31. The monoisotopic (exact) mass is 374 g/mol. The Bertz CT molecular complexity index is 791. The van der Waals surface area contributed by atoms with Crippen LogP contribution < -0.4 is 5.32 Å². The van der Waals surface area contributed by atoms with Crippen LogP contribution in [0, 0.1) is 11.7 Å². The van der Waals surface area contributed by atoms with Gasteiger partial charge in [-0.2, -0.15) is 0 Å². The number of rotatable bonds is 6. The molecule has 1 N–H and O–H groups in total. The summed E-state index contributed by atoms with van der Waals surface area (Å²) in [6.45, 7) is 0.311. The lowest BCUT2D eigenvalue weighted by Crippen LogP contribution is -2.37. The molecule has 3 rings (SSSR count). The number of halogens is 1. The maximum Gasteiger partial charge on any atom is 0.293 e. The Hall–Kier alpha value is -2.41. The zero-order chi connectivity index (χ0) is 18.5. The molecule has 2 aliphatic rings. The molecule has 26 heavy (non-hydrogen) atoms. The standard InChI is InChI=1S/C19H19FN2O3S/c20-15-8-4-3-7-14(15)12-16-18(24)22(19(25)26-16)10-9-21-17(23)11-13-5-1-2-6-13/h1,3-5,7-8,12-13H,2,6,9-11H2,(H,21,23)/b16-12-/t13-/m0/s1. The Kier molecular flexibility index (Phi) is 5.88. The van der Waals surface area contributed by atoms with Crippen molar-refractivity contribution >= 4 is 34.9 Å². The van der Waals surface area contributed by atoms with E-state index in [0.29, 0.717) is 6.42 Å². The lowest BCUT2D eigenvalue weighted by molar-refractivity contribution is -0.124. The Morgan fingerprint density at radius 1 is 1.35 bits per heavy atom. The minimum Gasteiger partial charge on any atom is -0.354 e. The van der Waals surface area contributed by atoms with Gasteiger partial charge in [0.2, 0.25) is 5.91 Å². The van der Waals surface area contributed by atoms with Crippen LogP contribution in [-0.2, 0) is 9.59 Å². The Balaban J connectivity index is 1.53. The average molecular weight is 374 g/mol. The zero-order valence-corrected chi connectivity index (χ0v) is 14.9. The van der Waals surface area contributed by atoms with E-state index in [1.807, 2.05) is 6.08 Å². The molecular formula is C19H19FN2O3S. The third kappa shape index (κ3) is 4.40. The second-order valence-electron chi connectivity index (χ2n) is 6.17. The van der Waals surface area contributed by atoms with Gasteiger partial charge in [0.25, 0.3) is 11.1 Å². The maximum absolute atomic E-state index is 13.7. The number of hydrogen-bond donors (Lipinski definition) is 1. The van der Waals surface area contributed by atoms with Crippen LogP contribution in [0.1, 0.15) is 24.8 Å². The summed E-state index contributed by atoms with van der Waals surface area (Å²) in [5.41, 5.74) is 0.260. The van der Waals surface area contributed by atoms with E-state index in [0.717, 1.165) is 29.5 Å². The molecule has 1 aromatic carbocycles. The highest BCUT2D eigenvalue weighted by atomic mass is 32.2. The van der Waals surface area contributed by atoms with Crippen LogP contribution in [0.25, 0.3) is 6.08 Å². The Morgan fingerprint density at radius 2 is 2.15 bits per heavy atom.